The molecule has 0 spiro atoms. The van der Waals surface area contributed by atoms with Crippen LogP contribution in [0.3, 0.4) is 0 Å². The largest absolute Gasteiger partial charge is 0.466 e. The van der Waals surface area contributed by atoms with Gasteiger partial charge in [0.2, 0.25) is 0 Å². The van der Waals surface area contributed by atoms with Gasteiger partial charge in [0.25, 0.3) is 0 Å². The lowest BCUT2D eigenvalue weighted by Gasteiger charge is -2.35. The van der Waals surface area contributed by atoms with Crippen molar-refractivity contribution in [3.05, 3.63) is 0 Å². The van der Waals surface area contributed by atoms with Gasteiger partial charge in [0.05, 0.1) is 6.61 Å². The number of carbonyl (C=O) groups is 1. The van der Waals surface area contributed by atoms with Crippen molar-refractivity contribution in [2.75, 3.05) is 45.9 Å². The number of rotatable bonds is 9. The Kier molecular flexibility index (Phi) is 8.86. The first-order valence-electron chi connectivity index (χ1n) is 8.22. The van der Waals surface area contributed by atoms with E-state index in [-0.39, 0.29) is 5.97 Å². The summed E-state index contributed by atoms with van der Waals surface area (Å²) >= 11 is 0. The summed E-state index contributed by atoms with van der Waals surface area (Å²) in [6.07, 6.45) is 3.87. The van der Waals surface area contributed by atoms with Crippen LogP contribution in [0.4, 0.5) is 0 Å². The first kappa shape index (κ1) is 17.4. The summed E-state index contributed by atoms with van der Waals surface area (Å²) in [6.45, 7) is 14.2. The minimum atomic E-state index is -0.0465. The van der Waals surface area contributed by atoms with Crippen LogP contribution in [0.1, 0.15) is 46.5 Å². The molecule has 1 saturated heterocycles. The maximum absolute atomic E-state index is 11.2. The Morgan fingerprint density at radius 3 is 2.30 bits per heavy atom. The molecule has 0 bridgehead atoms. The van der Waals surface area contributed by atoms with Crippen molar-refractivity contribution in [1.82, 2.24) is 9.80 Å². The van der Waals surface area contributed by atoms with Crippen molar-refractivity contribution < 1.29 is 9.53 Å². The summed E-state index contributed by atoms with van der Waals surface area (Å²) in [5.74, 6) is 0.722. The summed E-state index contributed by atoms with van der Waals surface area (Å²) in [5, 5.41) is 0. The highest BCUT2D eigenvalue weighted by Gasteiger charge is 2.16. The molecule has 0 aromatic heterocycles. The molecule has 1 heterocycles. The maximum atomic E-state index is 11.2. The molecule has 0 aliphatic carbocycles. The van der Waals surface area contributed by atoms with Gasteiger partial charge in [-0.3, -0.25) is 4.79 Å². The second-order valence-electron chi connectivity index (χ2n) is 6.15. The van der Waals surface area contributed by atoms with Crippen molar-refractivity contribution in [3.63, 3.8) is 0 Å². The zero-order valence-electron chi connectivity index (χ0n) is 13.6. The number of ether oxygens (including phenoxy) is 1. The third-order valence-corrected chi connectivity index (χ3v) is 3.75. The van der Waals surface area contributed by atoms with Crippen molar-refractivity contribution in [2.24, 2.45) is 5.92 Å². The minimum Gasteiger partial charge on any atom is -0.466 e. The molecule has 20 heavy (non-hydrogen) atoms. The van der Waals surface area contributed by atoms with E-state index in [0.29, 0.717) is 13.0 Å². The average molecular weight is 284 g/mol. The third kappa shape index (κ3) is 7.85. The van der Waals surface area contributed by atoms with Gasteiger partial charge in [-0.25, -0.2) is 0 Å². The Morgan fingerprint density at radius 2 is 1.70 bits per heavy atom. The van der Waals surface area contributed by atoms with Gasteiger partial charge in [0.15, 0.2) is 0 Å². The van der Waals surface area contributed by atoms with Gasteiger partial charge in [0, 0.05) is 39.1 Å². The van der Waals surface area contributed by atoms with E-state index < -0.39 is 0 Å². The molecular weight excluding hydrogens is 252 g/mol. The first-order valence-corrected chi connectivity index (χ1v) is 8.22. The zero-order chi connectivity index (χ0) is 14.8. The van der Waals surface area contributed by atoms with Crippen LogP contribution >= 0.6 is 0 Å². The standard InChI is InChI=1S/C16H32N2O2/c1-4-20-16(19)8-6-5-7-9-17-10-12-18(13-11-17)14-15(2)3/h15H,4-14H2,1-3H3. The summed E-state index contributed by atoms with van der Waals surface area (Å²) in [4.78, 5) is 16.3. The van der Waals surface area contributed by atoms with Gasteiger partial charge >= 0.3 is 5.97 Å². The Hall–Kier alpha value is -0.610. The highest BCUT2D eigenvalue weighted by atomic mass is 16.5. The highest BCUT2D eigenvalue weighted by Crippen LogP contribution is 2.08. The number of carbonyl (C=O) groups excluding carboxylic acids is 1. The molecule has 1 fully saturated rings. The Labute approximate surface area is 124 Å². The quantitative estimate of drug-likeness (QED) is 0.481. The fourth-order valence-electron chi connectivity index (χ4n) is 2.73. The summed E-state index contributed by atoms with van der Waals surface area (Å²) in [5.41, 5.74) is 0. The average Bonchev–Trinajstić information content (AvgIpc) is 2.40. The molecule has 1 rings (SSSR count). The van der Waals surface area contributed by atoms with Gasteiger partial charge < -0.3 is 14.5 Å². The topological polar surface area (TPSA) is 32.8 Å². The molecule has 118 valence electrons. The van der Waals surface area contributed by atoms with Crippen molar-refractivity contribution in [3.8, 4) is 0 Å². The van der Waals surface area contributed by atoms with Crippen molar-refractivity contribution >= 4 is 5.97 Å². The first-order chi connectivity index (χ1) is 9.61. The Morgan fingerprint density at radius 1 is 1.05 bits per heavy atom. The molecule has 0 radical (unpaired) electrons. The lowest BCUT2D eigenvalue weighted by atomic mass is 10.1. The summed E-state index contributed by atoms with van der Waals surface area (Å²) < 4.78 is 4.93. The van der Waals surface area contributed by atoms with Crippen molar-refractivity contribution in [1.29, 1.82) is 0 Å². The van der Waals surface area contributed by atoms with E-state index in [1.54, 1.807) is 0 Å². The van der Waals surface area contributed by atoms with Crippen LogP contribution in [0, 0.1) is 5.92 Å². The van der Waals surface area contributed by atoms with Gasteiger partial charge in [-0.2, -0.15) is 0 Å². The van der Waals surface area contributed by atoms with E-state index in [2.05, 4.69) is 23.6 Å². The number of piperazine rings is 1. The number of hydrogen-bond donors (Lipinski definition) is 0. The smallest absolute Gasteiger partial charge is 0.305 e. The Balaban J connectivity index is 1.97. The molecule has 0 amide bonds. The molecule has 0 aromatic rings. The van der Waals surface area contributed by atoms with Crippen LogP contribution in [0.2, 0.25) is 0 Å². The molecule has 4 nitrogen and oxygen atoms in total. The molecule has 0 saturated carbocycles. The molecule has 0 aromatic carbocycles. The van der Waals surface area contributed by atoms with Gasteiger partial charge in [-0.15, -0.1) is 0 Å². The van der Waals surface area contributed by atoms with Crippen LogP contribution in [0.15, 0.2) is 0 Å². The minimum absolute atomic E-state index is 0.0465. The van der Waals surface area contributed by atoms with Crippen LogP contribution < -0.4 is 0 Å². The molecule has 1 aliphatic heterocycles. The number of unbranched alkanes of at least 4 members (excludes halogenated alkanes) is 2. The fourth-order valence-corrected chi connectivity index (χ4v) is 2.73. The van der Waals surface area contributed by atoms with Crippen molar-refractivity contribution in [2.45, 2.75) is 46.5 Å². The molecule has 0 N–H and O–H groups in total. The van der Waals surface area contributed by atoms with Crippen LogP contribution in [-0.2, 0) is 9.53 Å². The number of hydrogen-bond acceptors (Lipinski definition) is 4. The highest BCUT2D eigenvalue weighted by molar-refractivity contribution is 5.69. The molecule has 0 atom stereocenters. The lowest BCUT2D eigenvalue weighted by molar-refractivity contribution is -0.143. The second-order valence-corrected chi connectivity index (χ2v) is 6.15. The molecule has 0 unspecified atom stereocenters. The van der Waals surface area contributed by atoms with Crippen LogP contribution in [-0.4, -0.2) is 61.6 Å². The molecule has 1 aliphatic rings. The second kappa shape index (κ2) is 10.2. The summed E-state index contributed by atoms with van der Waals surface area (Å²) in [6, 6.07) is 0. The monoisotopic (exact) mass is 284 g/mol. The van der Waals surface area contributed by atoms with Gasteiger partial charge in [-0.1, -0.05) is 20.3 Å². The maximum Gasteiger partial charge on any atom is 0.305 e. The normalized spacial score (nSPS) is 17.6. The van der Waals surface area contributed by atoms with E-state index in [9.17, 15) is 4.79 Å². The van der Waals surface area contributed by atoms with E-state index >= 15 is 0 Å². The van der Waals surface area contributed by atoms with Gasteiger partial charge in [-0.05, 0) is 32.2 Å². The Bertz CT molecular complexity index is 261. The lowest BCUT2D eigenvalue weighted by Crippen LogP contribution is -2.47. The van der Waals surface area contributed by atoms with E-state index in [0.717, 1.165) is 18.8 Å². The summed E-state index contributed by atoms with van der Waals surface area (Å²) in [7, 11) is 0. The zero-order valence-corrected chi connectivity index (χ0v) is 13.6. The van der Waals surface area contributed by atoms with E-state index in [4.69, 9.17) is 4.74 Å². The predicted molar refractivity (Wildman–Crippen MR) is 82.8 cm³/mol. The predicted octanol–water partition coefficient (Wildman–Crippen LogP) is 2.38. The molecule has 4 heteroatoms. The fraction of sp³-hybridized carbons (Fsp3) is 0.938. The van der Waals surface area contributed by atoms with Crippen LogP contribution in [0.5, 0.6) is 0 Å². The van der Waals surface area contributed by atoms with Gasteiger partial charge in [0.1, 0.15) is 0 Å². The van der Waals surface area contributed by atoms with E-state index in [1.165, 1.54) is 45.7 Å². The van der Waals surface area contributed by atoms with E-state index in [1.807, 2.05) is 6.92 Å². The third-order valence-electron chi connectivity index (χ3n) is 3.75. The number of nitrogens with zero attached hydrogens (tertiary/aromatic N) is 2. The van der Waals surface area contributed by atoms with Crippen LogP contribution in [0.25, 0.3) is 0 Å². The SMILES string of the molecule is CCOC(=O)CCCCCN1CCN(CC(C)C)CC1. The molecular formula is C16H32N2O2. The number of esters is 1.